The summed E-state index contributed by atoms with van der Waals surface area (Å²) in [5.41, 5.74) is 4.27. The second kappa shape index (κ2) is 8.49. The van der Waals surface area contributed by atoms with Crippen molar-refractivity contribution in [1.82, 2.24) is 14.9 Å². The third-order valence-electron chi connectivity index (χ3n) is 5.46. The number of H-pyrrole nitrogens is 1. The summed E-state index contributed by atoms with van der Waals surface area (Å²) >= 11 is 0. The van der Waals surface area contributed by atoms with Gasteiger partial charge in [0.1, 0.15) is 5.60 Å². The van der Waals surface area contributed by atoms with Gasteiger partial charge in [-0.3, -0.25) is 9.78 Å². The molecular weight excluding hydrogens is 404 g/mol. The van der Waals surface area contributed by atoms with Gasteiger partial charge in [0.25, 0.3) is 0 Å². The Hall–Kier alpha value is -3.61. The van der Waals surface area contributed by atoms with Crippen LogP contribution >= 0.6 is 0 Å². The van der Waals surface area contributed by atoms with Crippen molar-refractivity contribution in [1.29, 1.82) is 0 Å². The van der Waals surface area contributed by atoms with Crippen molar-refractivity contribution in [3.05, 3.63) is 66.1 Å². The number of ether oxygens (including phenoxy) is 1. The van der Waals surface area contributed by atoms with Crippen LogP contribution in [0.5, 0.6) is 0 Å². The first-order valence-electron chi connectivity index (χ1n) is 10.7. The number of nitrogens with one attached hydrogen (secondary N) is 2. The van der Waals surface area contributed by atoms with Crippen molar-refractivity contribution >= 4 is 23.3 Å². The largest absolute Gasteiger partial charge is 0.444 e. The molecule has 7 nitrogen and oxygen atoms in total. The zero-order valence-corrected chi connectivity index (χ0v) is 18.8. The smallest absolute Gasteiger partial charge is 0.410 e. The molecule has 0 saturated carbocycles. The fourth-order valence-corrected chi connectivity index (χ4v) is 3.92. The Morgan fingerprint density at radius 3 is 2.47 bits per heavy atom. The highest BCUT2D eigenvalue weighted by Gasteiger charge is 2.36. The molecule has 0 saturated heterocycles. The summed E-state index contributed by atoms with van der Waals surface area (Å²) in [4.78, 5) is 35.0. The second-order valence-corrected chi connectivity index (χ2v) is 9.03. The molecule has 32 heavy (non-hydrogen) atoms. The van der Waals surface area contributed by atoms with Crippen molar-refractivity contribution in [2.75, 3.05) is 12.4 Å². The van der Waals surface area contributed by atoms with E-state index in [2.05, 4.69) is 15.3 Å². The standard InChI is InChI=1S/C25H28N4O3/c1-25(2,3)32-24(31)29(4)18-14-19-21(20(30)15-18)23(27-17-8-6-5-7-9-17)22(28-19)16-10-12-26-13-11-16/h5-13,18,27-28H,14-15H2,1-4H3. The Balaban J connectivity index is 1.70. The van der Waals surface area contributed by atoms with Crippen molar-refractivity contribution in [3.8, 4) is 11.3 Å². The molecular formula is C25H28N4O3. The first-order valence-corrected chi connectivity index (χ1v) is 10.7. The Bertz CT molecular complexity index is 1120. The maximum absolute atomic E-state index is 13.3. The first kappa shape index (κ1) is 21.6. The average molecular weight is 433 g/mol. The van der Waals surface area contributed by atoms with Gasteiger partial charge in [-0.25, -0.2) is 4.79 Å². The van der Waals surface area contributed by atoms with Gasteiger partial charge in [0.2, 0.25) is 0 Å². The van der Waals surface area contributed by atoms with E-state index in [4.69, 9.17) is 4.74 Å². The number of benzene rings is 1. The minimum atomic E-state index is -0.594. The molecule has 0 spiro atoms. The monoisotopic (exact) mass is 432 g/mol. The lowest BCUT2D eigenvalue weighted by Crippen LogP contribution is -2.44. The van der Waals surface area contributed by atoms with Crippen molar-refractivity contribution in [2.24, 2.45) is 0 Å². The molecule has 2 N–H and O–H groups in total. The van der Waals surface area contributed by atoms with Gasteiger partial charge in [-0.2, -0.15) is 0 Å². The topological polar surface area (TPSA) is 87.3 Å². The first-order chi connectivity index (χ1) is 15.2. The van der Waals surface area contributed by atoms with Gasteiger partial charge in [-0.15, -0.1) is 0 Å². The highest BCUT2D eigenvalue weighted by atomic mass is 16.6. The summed E-state index contributed by atoms with van der Waals surface area (Å²) in [6.45, 7) is 5.49. The molecule has 1 aromatic carbocycles. The van der Waals surface area contributed by atoms with E-state index in [1.165, 1.54) is 4.90 Å². The summed E-state index contributed by atoms with van der Waals surface area (Å²) in [6, 6.07) is 13.3. The number of ketones is 1. The summed E-state index contributed by atoms with van der Waals surface area (Å²) in [5, 5.41) is 3.43. The average Bonchev–Trinajstić information content (AvgIpc) is 3.12. The molecule has 1 atom stereocenters. The molecule has 1 aliphatic carbocycles. The molecule has 0 bridgehead atoms. The van der Waals surface area contributed by atoms with E-state index in [0.29, 0.717) is 12.0 Å². The Morgan fingerprint density at radius 1 is 1.12 bits per heavy atom. The summed E-state index contributed by atoms with van der Waals surface area (Å²) in [5.74, 6) is -0.0124. The molecule has 1 aliphatic rings. The maximum Gasteiger partial charge on any atom is 0.410 e. The van der Waals surface area contributed by atoms with Crippen LogP contribution in [0.15, 0.2) is 54.9 Å². The number of hydrogen-bond donors (Lipinski definition) is 2. The fourth-order valence-electron chi connectivity index (χ4n) is 3.92. The number of anilines is 2. The van der Waals surface area contributed by atoms with E-state index in [1.54, 1.807) is 19.4 Å². The van der Waals surface area contributed by atoms with Crippen LogP contribution in [-0.2, 0) is 11.2 Å². The number of para-hydroxylation sites is 1. The van der Waals surface area contributed by atoms with Crippen LogP contribution < -0.4 is 5.32 Å². The number of pyridine rings is 1. The summed E-state index contributed by atoms with van der Waals surface area (Å²) in [7, 11) is 1.69. The number of carbonyl (C=O) groups excluding carboxylic acids is 2. The number of rotatable bonds is 4. The van der Waals surface area contributed by atoms with Crippen LogP contribution in [0.2, 0.25) is 0 Å². The van der Waals surface area contributed by atoms with Crippen LogP contribution in [-0.4, -0.2) is 45.4 Å². The van der Waals surface area contributed by atoms with E-state index in [-0.39, 0.29) is 18.2 Å². The van der Waals surface area contributed by atoms with Crippen LogP contribution in [0, 0.1) is 0 Å². The minimum absolute atomic E-state index is 0.0124. The van der Waals surface area contributed by atoms with Crippen molar-refractivity contribution < 1.29 is 14.3 Å². The lowest BCUT2D eigenvalue weighted by Gasteiger charge is -2.32. The highest BCUT2D eigenvalue weighted by Crippen LogP contribution is 2.39. The van der Waals surface area contributed by atoms with E-state index in [9.17, 15) is 9.59 Å². The number of hydrogen-bond acceptors (Lipinski definition) is 5. The zero-order valence-electron chi connectivity index (χ0n) is 18.8. The molecule has 0 aliphatic heterocycles. The molecule has 0 fully saturated rings. The number of likely N-dealkylation sites (N-methyl/N-ethyl adjacent to an activating group) is 1. The molecule has 2 heterocycles. The third kappa shape index (κ3) is 4.51. The number of amides is 1. The van der Waals surface area contributed by atoms with Gasteiger partial charge in [0.05, 0.1) is 16.9 Å². The van der Waals surface area contributed by atoms with Crippen LogP contribution in [0.25, 0.3) is 11.3 Å². The van der Waals surface area contributed by atoms with Crippen LogP contribution in [0.3, 0.4) is 0 Å². The third-order valence-corrected chi connectivity index (χ3v) is 5.46. The number of Topliss-reactive ketones (excluding diaryl/α,β-unsaturated/α-hetero) is 1. The van der Waals surface area contributed by atoms with Crippen molar-refractivity contribution in [3.63, 3.8) is 0 Å². The van der Waals surface area contributed by atoms with Gasteiger partial charge in [-0.05, 0) is 45.0 Å². The fraction of sp³-hybridized carbons (Fsp3) is 0.320. The normalized spacial score (nSPS) is 15.8. The molecule has 1 unspecified atom stereocenters. The second-order valence-electron chi connectivity index (χ2n) is 9.03. The summed E-state index contributed by atoms with van der Waals surface area (Å²) < 4.78 is 5.50. The van der Waals surface area contributed by atoms with Gasteiger partial charge >= 0.3 is 6.09 Å². The highest BCUT2D eigenvalue weighted by molar-refractivity contribution is 6.07. The van der Waals surface area contributed by atoms with Crippen LogP contribution in [0.4, 0.5) is 16.2 Å². The maximum atomic E-state index is 13.3. The Morgan fingerprint density at radius 2 is 1.81 bits per heavy atom. The van der Waals surface area contributed by atoms with Gasteiger partial charge in [0, 0.05) is 55.3 Å². The number of carbonyl (C=O) groups is 2. The molecule has 166 valence electrons. The van der Waals surface area contributed by atoms with Gasteiger partial charge in [-0.1, -0.05) is 18.2 Å². The molecule has 1 amide bonds. The quantitative estimate of drug-likeness (QED) is 0.593. The SMILES string of the molecule is CN(C(=O)OC(C)(C)C)C1CC(=O)c2c([nH]c(-c3ccncc3)c2Nc2ccccc2)C1. The number of aromatic nitrogens is 2. The number of nitrogens with zero attached hydrogens (tertiary/aromatic N) is 2. The Labute approximate surface area is 187 Å². The lowest BCUT2D eigenvalue weighted by atomic mass is 9.90. The Kier molecular flexibility index (Phi) is 5.74. The van der Waals surface area contributed by atoms with Crippen molar-refractivity contribution in [2.45, 2.75) is 45.3 Å². The van der Waals surface area contributed by atoms with E-state index >= 15 is 0 Å². The van der Waals surface area contributed by atoms with E-state index < -0.39 is 11.7 Å². The van der Waals surface area contributed by atoms with Crippen LogP contribution in [0.1, 0.15) is 43.2 Å². The molecule has 3 aromatic rings. The predicted molar refractivity (Wildman–Crippen MR) is 124 cm³/mol. The molecule has 2 aromatic heterocycles. The lowest BCUT2D eigenvalue weighted by molar-refractivity contribution is 0.0213. The van der Waals surface area contributed by atoms with E-state index in [0.717, 1.165) is 28.3 Å². The van der Waals surface area contributed by atoms with Gasteiger partial charge < -0.3 is 19.9 Å². The molecule has 7 heteroatoms. The molecule has 4 rings (SSSR count). The van der Waals surface area contributed by atoms with Gasteiger partial charge in [0.15, 0.2) is 5.78 Å². The van der Waals surface area contributed by atoms with E-state index in [1.807, 2.05) is 63.2 Å². The number of fused-ring (bicyclic) bond motifs is 1. The number of aromatic amines is 1. The zero-order chi connectivity index (χ0) is 22.9. The molecule has 0 radical (unpaired) electrons. The summed E-state index contributed by atoms with van der Waals surface area (Å²) in [6.07, 6.45) is 3.79. The predicted octanol–water partition coefficient (Wildman–Crippen LogP) is 5.18. The minimum Gasteiger partial charge on any atom is -0.444 e.